The average molecular weight is 307 g/mol. The van der Waals surface area contributed by atoms with Crippen LogP contribution in [0.3, 0.4) is 0 Å². The van der Waals surface area contributed by atoms with Gasteiger partial charge in [0.2, 0.25) is 5.43 Å². The first kappa shape index (κ1) is 15.6. The molecule has 1 N–H and O–H groups in total. The molecule has 0 atom stereocenters. The van der Waals surface area contributed by atoms with Gasteiger partial charge in [-0.1, -0.05) is 0 Å². The number of benzene rings is 1. The molecule has 0 bridgehead atoms. The Morgan fingerprint density at radius 2 is 2.14 bits per heavy atom. The van der Waals surface area contributed by atoms with Crippen molar-refractivity contribution >= 4 is 22.8 Å². The van der Waals surface area contributed by atoms with Crippen molar-refractivity contribution in [1.29, 1.82) is 0 Å². The normalized spacial score (nSPS) is 10.5. The van der Waals surface area contributed by atoms with Crippen LogP contribution in [0.2, 0.25) is 0 Å². The van der Waals surface area contributed by atoms with Gasteiger partial charge < -0.3 is 10.1 Å². The highest BCUT2D eigenvalue weighted by Gasteiger charge is 2.18. The summed E-state index contributed by atoms with van der Waals surface area (Å²) in [6.45, 7) is 1.78. The summed E-state index contributed by atoms with van der Waals surface area (Å²) < 4.78 is 19.2. The zero-order valence-corrected chi connectivity index (χ0v) is 12.1. The second kappa shape index (κ2) is 6.33. The summed E-state index contributed by atoms with van der Waals surface area (Å²) in [6.07, 6.45) is 0. The Hall–Kier alpha value is -2.77. The number of halogens is 1. The summed E-state index contributed by atoms with van der Waals surface area (Å²) in [7, 11) is 1.18. The van der Waals surface area contributed by atoms with Crippen LogP contribution in [-0.4, -0.2) is 35.3 Å². The smallest absolute Gasteiger partial charge is 0.325 e. The molecule has 2 aromatic rings. The Labute approximate surface area is 124 Å². The van der Waals surface area contributed by atoms with Crippen LogP contribution in [-0.2, 0) is 16.1 Å². The highest BCUT2D eigenvalue weighted by Crippen LogP contribution is 2.12. The number of nitrogens with zero attached hydrogens (tertiary/aromatic N) is 2. The SMILES string of the molecule is CCn1nc(C(=O)NCC(=O)OC)c(=O)c2cc(F)ccc21. The lowest BCUT2D eigenvalue weighted by molar-refractivity contribution is -0.139. The first-order valence-corrected chi connectivity index (χ1v) is 6.53. The predicted octanol–water partition coefficient (Wildman–Crippen LogP) is 0.458. The van der Waals surface area contributed by atoms with E-state index in [0.717, 1.165) is 6.07 Å². The Balaban J connectivity index is 2.50. The molecule has 0 spiro atoms. The molecular weight excluding hydrogens is 293 g/mol. The van der Waals surface area contributed by atoms with E-state index in [0.29, 0.717) is 12.1 Å². The van der Waals surface area contributed by atoms with E-state index in [1.165, 1.54) is 23.9 Å². The number of rotatable bonds is 4. The molecule has 0 unspecified atom stereocenters. The van der Waals surface area contributed by atoms with Gasteiger partial charge in [0, 0.05) is 6.54 Å². The number of ether oxygens (including phenoxy) is 1. The van der Waals surface area contributed by atoms with Crippen LogP contribution in [0.25, 0.3) is 10.9 Å². The number of carbonyl (C=O) groups is 2. The van der Waals surface area contributed by atoms with E-state index in [4.69, 9.17) is 0 Å². The summed E-state index contributed by atoms with van der Waals surface area (Å²) in [4.78, 5) is 35.3. The molecular formula is C14H14FN3O4. The average Bonchev–Trinajstić information content (AvgIpc) is 2.53. The van der Waals surface area contributed by atoms with Gasteiger partial charge in [-0.3, -0.25) is 19.1 Å². The van der Waals surface area contributed by atoms with Crippen molar-refractivity contribution in [3.8, 4) is 0 Å². The van der Waals surface area contributed by atoms with Gasteiger partial charge >= 0.3 is 5.97 Å². The van der Waals surface area contributed by atoms with E-state index >= 15 is 0 Å². The zero-order valence-electron chi connectivity index (χ0n) is 12.1. The number of aryl methyl sites for hydroxylation is 1. The maximum atomic E-state index is 13.4. The summed E-state index contributed by atoms with van der Waals surface area (Å²) in [6, 6.07) is 3.70. The molecule has 116 valence electrons. The quantitative estimate of drug-likeness (QED) is 0.829. The third-order valence-corrected chi connectivity index (χ3v) is 3.05. The Morgan fingerprint density at radius 1 is 1.41 bits per heavy atom. The molecule has 7 nitrogen and oxygen atoms in total. The second-order valence-electron chi connectivity index (χ2n) is 4.41. The maximum Gasteiger partial charge on any atom is 0.325 e. The van der Waals surface area contributed by atoms with E-state index in [9.17, 15) is 18.8 Å². The van der Waals surface area contributed by atoms with Crippen LogP contribution in [0.4, 0.5) is 4.39 Å². The highest BCUT2D eigenvalue weighted by atomic mass is 19.1. The van der Waals surface area contributed by atoms with Crippen molar-refractivity contribution in [2.24, 2.45) is 0 Å². The molecule has 1 aromatic heterocycles. The molecule has 0 aliphatic carbocycles. The van der Waals surface area contributed by atoms with Crippen molar-refractivity contribution in [3.05, 3.63) is 39.9 Å². The lowest BCUT2D eigenvalue weighted by atomic mass is 10.2. The van der Waals surface area contributed by atoms with Crippen LogP contribution in [0.15, 0.2) is 23.0 Å². The van der Waals surface area contributed by atoms with Crippen molar-refractivity contribution < 1.29 is 18.7 Å². The molecule has 1 amide bonds. The van der Waals surface area contributed by atoms with Gasteiger partial charge in [0.1, 0.15) is 12.4 Å². The van der Waals surface area contributed by atoms with Gasteiger partial charge in [0.15, 0.2) is 5.69 Å². The second-order valence-corrected chi connectivity index (χ2v) is 4.41. The highest BCUT2D eigenvalue weighted by molar-refractivity contribution is 5.96. The number of amides is 1. The fourth-order valence-electron chi connectivity index (χ4n) is 1.96. The molecule has 0 fully saturated rings. The van der Waals surface area contributed by atoms with Crippen molar-refractivity contribution in [2.75, 3.05) is 13.7 Å². The van der Waals surface area contributed by atoms with Crippen LogP contribution in [0, 0.1) is 5.82 Å². The third kappa shape index (κ3) is 2.95. The van der Waals surface area contributed by atoms with Gasteiger partial charge in [-0.15, -0.1) is 0 Å². The first-order valence-electron chi connectivity index (χ1n) is 6.53. The number of methoxy groups -OCH3 is 1. The van der Waals surface area contributed by atoms with Crippen LogP contribution in [0.1, 0.15) is 17.4 Å². The van der Waals surface area contributed by atoms with E-state index in [-0.39, 0.29) is 11.9 Å². The van der Waals surface area contributed by atoms with Crippen LogP contribution < -0.4 is 10.7 Å². The number of carbonyl (C=O) groups excluding carboxylic acids is 2. The topological polar surface area (TPSA) is 90.3 Å². The number of aromatic nitrogens is 2. The monoisotopic (exact) mass is 307 g/mol. The molecule has 8 heteroatoms. The first-order chi connectivity index (χ1) is 10.5. The molecule has 0 aliphatic rings. The van der Waals surface area contributed by atoms with Gasteiger partial charge in [-0.2, -0.15) is 5.10 Å². The Morgan fingerprint density at radius 3 is 2.77 bits per heavy atom. The fourth-order valence-corrected chi connectivity index (χ4v) is 1.96. The number of esters is 1. The lowest BCUT2D eigenvalue weighted by Gasteiger charge is -2.10. The Bertz CT molecular complexity index is 801. The summed E-state index contributed by atoms with van der Waals surface area (Å²) in [5.41, 5.74) is -0.663. The maximum absolute atomic E-state index is 13.4. The number of hydrogen-bond acceptors (Lipinski definition) is 5. The standard InChI is InChI=1S/C14H14FN3O4/c1-3-18-10-5-4-8(15)6-9(10)13(20)12(17-18)14(21)16-7-11(19)22-2/h4-6H,3,7H2,1-2H3,(H,16,21). The van der Waals surface area contributed by atoms with E-state index in [1.807, 2.05) is 0 Å². The van der Waals surface area contributed by atoms with Crippen molar-refractivity contribution in [1.82, 2.24) is 15.1 Å². The predicted molar refractivity (Wildman–Crippen MR) is 76.0 cm³/mol. The van der Waals surface area contributed by atoms with E-state index in [1.54, 1.807) is 6.92 Å². The lowest BCUT2D eigenvalue weighted by Crippen LogP contribution is -2.35. The number of nitrogens with one attached hydrogen (secondary N) is 1. The van der Waals surface area contributed by atoms with Crippen molar-refractivity contribution in [3.63, 3.8) is 0 Å². The summed E-state index contributed by atoms with van der Waals surface area (Å²) in [5.74, 6) is -2.06. The molecule has 1 heterocycles. The molecule has 0 saturated heterocycles. The molecule has 2 rings (SSSR count). The minimum Gasteiger partial charge on any atom is -0.468 e. The minimum absolute atomic E-state index is 0.0556. The van der Waals surface area contributed by atoms with Crippen molar-refractivity contribution in [2.45, 2.75) is 13.5 Å². The number of fused-ring (bicyclic) bond motifs is 1. The number of hydrogen-bond donors (Lipinski definition) is 1. The van der Waals surface area contributed by atoms with Crippen LogP contribution in [0.5, 0.6) is 0 Å². The zero-order chi connectivity index (χ0) is 16.3. The Kier molecular flexibility index (Phi) is 4.50. The van der Waals surface area contributed by atoms with Gasteiger partial charge in [-0.25, -0.2) is 4.39 Å². The summed E-state index contributed by atoms with van der Waals surface area (Å²) >= 11 is 0. The van der Waals surface area contributed by atoms with E-state index in [2.05, 4.69) is 15.2 Å². The molecule has 1 aromatic carbocycles. The van der Waals surface area contributed by atoms with Gasteiger partial charge in [0.25, 0.3) is 5.91 Å². The fraction of sp³-hybridized carbons (Fsp3) is 0.286. The molecule has 22 heavy (non-hydrogen) atoms. The van der Waals surface area contributed by atoms with Gasteiger partial charge in [-0.05, 0) is 25.1 Å². The largest absolute Gasteiger partial charge is 0.468 e. The minimum atomic E-state index is -0.816. The summed E-state index contributed by atoms with van der Waals surface area (Å²) in [5, 5.41) is 6.26. The molecule has 0 radical (unpaired) electrons. The third-order valence-electron chi connectivity index (χ3n) is 3.05. The van der Waals surface area contributed by atoms with Gasteiger partial charge in [0.05, 0.1) is 18.0 Å². The van der Waals surface area contributed by atoms with Crippen LogP contribution >= 0.6 is 0 Å². The van der Waals surface area contributed by atoms with E-state index < -0.39 is 28.8 Å². The molecule has 0 aliphatic heterocycles. The molecule has 0 saturated carbocycles.